The maximum Gasteiger partial charge on any atom is 0.272 e. The minimum absolute atomic E-state index is 0.0343. The number of pyridine rings is 1. The second-order valence-electron chi connectivity index (χ2n) is 3.08. The summed E-state index contributed by atoms with van der Waals surface area (Å²) >= 11 is 5.80. The number of amides is 1. The van der Waals surface area contributed by atoms with Crippen molar-refractivity contribution in [3.8, 4) is 6.07 Å². The minimum atomic E-state index is -0.374. The summed E-state index contributed by atoms with van der Waals surface area (Å²) in [7, 11) is 0. The zero-order valence-corrected chi connectivity index (χ0v) is 8.90. The highest BCUT2D eigenvalue weighted by atomic mass is 35.5. The van der Waals surface area contributed by atoms with Crippen LogP contribution in [0.1, 0.15) is 10.5 Å². The summed E-state index contributed by atoms with van der Waals surface area (Å²) in [5.74, 6) is -0.374. The molecule has 0 saturated heterocycles. The molecule has 0 saturated carbocycles. The summed E-state index contributed by atoms with van der Waals surface area (Å²) in [5, 5.41) is 11.3. The first-order chi connectivity index (χ1) is 7.70. The number of hydrogen-bond acceptors (Lipinski definition) is 3. The molecule has 0 radical (unpaired) electrons. The lowest BCUT2D eigenvalue weighted by Crippen LogP contribution is -2.23. The van der Waals surface area contributed by atoms with Crippen LogP contribution < -0.4 is 5.32 Å². The van der Waals surface area contributed by atoms with Gasteiger partial charge in [0.2, 0.25) is 0 Å². The standard InChI is InChI=1S/C10H7ClN4O/c11-7-1-2-9-14-8(6-15(9)5-7)10(16)13-4-3-12/h1-2,5-6H,4H2,(H,13,16). The van der Waals surface area contributed by atoms with Gasteiger partial charge in [-0.1, -0.05) is 11.6 Å². The number of aromatic nitrogens is 2. The third-order valence-corrected chi connectivity index (χ3v) is 2.20. The Morgan fingerprint density at radius 1 is 1.56 bits per heavy atom. The minimum Gasteiger partial charge on any atom is -0.338 e. The van der Waals surface area contributed by atoms with Crippen molar-refractivity contribution >= 4 is 23.2 Å². The van der Waals surface area contributed by atoms with Crippen molar-refractivity contribution in [1.82, 2.24) is 14.7 Å². The summed E-state index contributed by atoms with van der Waals surface area (Å²) < 4.78 is 1.66. The Morgan fingerprint density at radius 2 is 2.38 bits per heavy atom. The van der Waals surface area contributed by atoms with Crippen LogP contribution in [0.4, 0.5) is 0 Å². The van der Waals surface area contributed by atoms with Gasteiger partial charge in [0.25, 0.3) is 5.91 Å². The van der Waals surface area contributed by atoms with Crippen LogP contribution in [0.2, 0.25) is 5.02 Å². The first-order valence-corrected chi connectivity index (χ1v) is 4.88. The molecule has 1 N–H and O–H groups in total. The Bertz CT molecular complexity index is 584. The lowest BCUT2D eigenvalue weighted by atomic mass is 10.4. The van der Waals surface area contributed by atoms with Crippen LogP contribution in [0.3, 0.4) is 0 Å². The third-order valence-electron chi connectivity index (χ3n) is 1.98. The molecule has 0 atom stereocenters. The molecule has 2 heterocycles. The first kappa shape index (κ1) is 10.5. The van der Waals surface area contributed by atoms with Crippen LogP contribution >= 0.6 is 11.6 Å². The molecular formula is C10H7ClN4O. The van der Waals surface area contributed by atoms with Crippen molar-refractivity contribution < 1.29 is 4.79 Å². The van der Waals surface area contributed by atoms with Crippen LogP contribution in [0.5, 0.6) is 0 Å². The van der Waals surface area contributed by atoms with Crippen molar-refractivity contribution in [2.24, 2.45) is 0 Å². The van der Waals surface area contributed by atoms with Crippen LogP contribution in [-0.4, -0.2) is 21.8 Å². The van der Waals surface area contributed by atoms with E-state index in [0.717, 1.165) is 0 Å². The Kier molecular flexibility index (Phi) is 2.75. The lowest BCUT2D eigenvalue weighted by Gasteiger charge is -1.93. The van der Waals surface area contributed by atoms with Crippen LogP contribution in [0.15, 0.2) is 24.5 Å². The van der Waals surface area contributed by atoms with Crippen molar-refractivity contribution in [3.05, 3.63) is 35.2 Å². The molecular weight excluding hydrogens is 228 g/mol. The number of nitrogens with one attached hydrogen (secondary N) is 1. The number of fused-ring (bicyclic) bond motifs is 1. The molecule has 16 heavy (non-hydrogen) atoms. The molecule has 2 aromatic rings. The molecule has 0 aliphatic heterocycles. The summed E-state index contributed by atoms with van der Waals surface area (Å²) in [6.07, 6.45) is 3.22. The molecule has 0 aromatic carbocycles. The molecule has 0 spiro atoms. The van der Waals surface area contributed by atoms with E-state index in [1.807, 2.05) is 6.07 Å². The number of nitrogens with zero attached hydrogens (tertiary/aromatic N) is 3. The third kappa shape index (κ3) is 1.97. The molecule has 0 aliphatic carbocycles. The van der Waals surface area contributed by atoms with Crippen molar-refractivity contribution in [3.63, 3.8) is 0 Å². The largest absolute Gasteiger partial charge is 0.338 e. The van der Waals surface area contributed by atoms with Crippen LogP contribution in [-0.2, 0) is 0 Å². The molecule has 0 fully saturated rings. The molecule has 2 rings (SSSR count). The fourth-order valence-electron chi connectivity index (χ4n) is 1.28. The average Bonchev–Trinajstić information content (AvgIpc) is 2.68. The quantitative estimate of drug-likeness (QED) is 0.795. The van der Waals surface area contributed by atoms with Gasteiger partial charge in [-0.3, -0.25) is 4.79 Å². The van der Waals surface area contributed by atoms with Gasteiger partial charge in [-0.05, 0) is 12.1 Å². The number of nitriles is 1. The molecule has 80 valence electrons. The van der Waals surface area contributed by atoms with Gasteiger partial charge < -0.3 is 9.72 Å². The van der Waals surface area contributed by atoms with Gasteiger partial charge in [0.15, 0.2) is 0 Å². The molecule has 0 aliphatic rings. The maximum atomic E-state index is 11.5. The van der Waals surface area contributed by atoms with Gasteiger partial charge in [0.1, 0.15) is 17.9 Å². The number of rotatable bonds is 2. The van der Waals surface area contributed by atoms with E-state index in [-0.39, 0.29) is 18.1 Å². The number of hydrogen-bond donors (Lipinski definition) is 1. The van der Waals surface area contributed by atoms with Gasteiger partial charge in [-0.25, -0.2) is 4.98 Å². The van der Waals surface area contributed by atoms with E-state index in [2.05, 4.69) is 10.3 Å². The van der Waals surface area contributed by atoms with E-state index in [4.69, 9.17) is 16.9 Å². The maximum absolute atomic E-state index is 11.5. The Morgan fingerprint density at radius 3 is 3.12 bits per heavy atom. The predicted molar refractivity (Wildman–Crippen MR) is 58.1 cm³/mol. The van der Waals surface area contributed by atoms with Crippen LogP contribution in [0, 0.1) is 11.3 Å². The fourth-order valence-corrected chi connectivity index (χ4v) is 1.45. The smallest absolute Gasteiger partial charge is 0.272 e. The molecule has 2 aromatic heterocycles. The van der Waals surface area contributed by atoms with E-state index in [9.17, 15) is 4.79 Å². The number of carbonyl (C=O) groups is 1. The molecule has 5 nitrogen and oxygen atoms in total. The highest BCUT2D eigenvalue weighted by molar-refractivity contribution is 6.30. The Balaban J connectivity index is 2.33. The monoisotopic (exact) mass is 234 g/mol. The van der Waals surface area contributed by atoms with Gasteiger partial charge in [0, 0.05) is 12.4 Å². The molecule has 1 amide bonds. The molecule has 0 unspecified atom stereocenters. The van der Waals surface area contributed by atoms with Crippen LogP contribution in [0.25, 0.3) is 5.65 Å². The summed E-state index contributed by atoms with van der Waals surface area (Å²) in [6, 6.07) is 5.23. The molecule has 6 heteroatoms. The zero-order valence-electron chi connectivity index (χ0n) is 8.14. The SMILES string of the molecule is N#CCNC(=O)c1cn2cc(Cl)ccc2n1. The second kappa shape index (κ2) is 4.21. The molecule has 0 bridgehead atoms. The summed E-state index contributed by atoms with van der Waals surface area (Å²) in [6.45, 7) is -0.0343. The Hall–Kier alpha value is -2.06. The second-order valence-corrected chi connectivity index (χ2v) is 3.52. The van der Waals surface area contributed by atoms with E-state index in [0.29, 0.717) is 10.7 Å². The van der Waals surface area contributed by atoms with Crippen molar-refractivity contribution in [2.75, 3.05) is 6.54 Å². The van der Waals surface area contributed by atoms with Gasteiger partial charge in [0.05, 0.1) is 11.1 Å². The summed E-state index contributed by atoms with van der Waals surface area (Å²) in [5.41, 5.74) is 0.893. The van der Waals surface area contributed by atoms with Gasteiger partial charge in [-0.15, -0.1) is 0 Å². The van der Waals surface area contributed by atoms with E-state index in [1.165, 1.54) is 0 Å². The van der Waals surface area contributed by atoms with E-state index < -0.39 is 0 Å². The van der Waals surface area contributed by atoms with Crippen molar-refractivity contribution in [2.45, 2.75) is 0 Å². The van der Waals surface area contributed by atoms with Gasteiger partial charge in [-0.2, -0.15) is 5.26 Å². The number of imidazole rings is 1. The normalized spacial score (nSPS) is 10.0. The lowest BCUT2D eigenvalue weighted by molar-refractivity contribution is 0.0954. The average molecular weight is 235 g/mol. The summed E-state index contributed by atoms with van der Waals surface area (Å²) in [4.78, 5) is 15.6. The van der Waals surface area contributed by atoms with Gasteiger partial charge >= 0.3 is 0 Å². The highest BCUT2D eigenvalue weighted by Crippen LogP contribution is 2.11. The fraction of sp³-hybridized carbons (Fsp3) is 0.100. The number of halogens is 1. The number of carbonyl (C=O) groups excluding carboxylic acids is 1. The van der Waals surface area contributed by atoms with E-state index in [1.54, 1.807) is 28.9 Å². The Labute approximate surface area is 96.3 Å². The van der Waals surface area contributed by atoms with E-state index >= 15 is 0 Å². The predicted octanol–water partition coefficient (Wildman–Crippen LogP) is 1.24. The highest BCUT2D eigenvalue weighted by Gasteiger charge is 2.09. The first-order valence-electron chi connectivity index (χ1n) is 4.50. The topological polar surface area (TPSA) is 70.2 Å². The zero-order chi connectivity index (χ0) is 11.5. The van der Waals surface area contributed by atoms with Crippen molar-refractivity contribution in [1.29, 1.82) is 5.26 Å².